The van der Waals surface area contributed by atoms with E-state index >= 15 is 0 Å². The molecule has 0 aliphatic heterocycles. The first-order chi connectivity index (χ1) is 7.57. The minimum Gasteiger partial charge on any atom is -0.316 e. The van der Waals surface area contributed by atoms with Gasteiger partial charge in [0.15, 0.2) is 5.75 Å². The Kier molecular flexibility index (Phi) is 4.28. The standard InChI is InChI=1S/C10H13N3O2S/c1-12-8-9-3-2-4-10(7-9)13-16(14,15)6-5-11/h2-4,7,12-13H,6,8H2,1H3. The highest BCUT2D eigenvalue weighted by Gasteiger charge is 2.09. The lowest BCUT2D eigenvalue weighted by atomic mass is 10.2. The topological polar surface area (TPSA) is 82.0 Å². The van der Waals surface area contributed by atoms with Crippen molar-refractivity contribution < 1.29 is 8.42 Å². The van der Waals surface area contributed by atoms with Crippen LogP contribution >= 0.6 is 0 Å². The van der Waals surface area contributed by atoms with Crippen molar-refractivity contribution in [2.24, 2.45) is 0 Å². The SMILES string of the molecule is CNCc1cccc(NS(=O)(=O)CC#N)c1. The molecule has 0 aliphatic rings. The van der Waals surface area contributed by atoms with Gasteiger partial charge in [0.25, 0.3) is 0 Å². The maximum Gasteiger partial charge on any atom is 0.246 e. The van der Waals surface area contributed by atoms with Gasteiger partial charge in [-0.15, -0.1) is 0 Å². The molecule has 0 aromatic heterocycles. The highest BCUT2D eigenvalue weighted by molar-refractivity contribution is 7.92. The lowest BCUT2D eigenvalue weighted by Crippen LogP contribution is -2.15. The molecule has 0 bridgehead atoms. The Hall–Kier alpha value is -1.58. The Balaban J connectivity index is 2.82. The number of nitriles is 1. The zero-order chi connectivity index (χ0) is 12.0. The Morgan fingerprint density at radius 1 is 1.44 bits per heavy atom. The number of hydrogen-bond donors (Lipinski definition) is 2. The first-order valence-electron chi connectivity index (χ1n) is 4.68. The third-order valence-corrected chi connectivity index (χ3v) is 2.89. The van der Waals surface area contributed by atoms with Crippen LogP contribution in [0.4, 0.5) is 5.69 Å². The number of sulfonamides is 1. The minimum atomic E-state index is -3.55. The highest BCUT2D eigenvalue weighted by Crippen LogP contribution is 2.12. The molecule has 86 valence electrons. The monoisotopic (exact) mass is 239 g/mol. The summed E-state index contributed by atoms with van der Waals surface area (Å²) in [5.74, 6) is -0.538. The molecule has 0 atom stereocenters. The number of nitrogens with zero attached hydrogens (tertiary/aromatic N) is 1. The Morgan fingerprint density at radius 3 is 2.81 bits per heavy atom. The van der Waals surface area contributed by atoms with Gasteiger partial charge in [-0.1, -0.05) is 12.1 Å². The van der Waals surface area contributed by atoms with E-state index in [1.54, 1.807) is 24.3 Å². The summed E-state index contributed by atoms with van der Waals surface area (Å²) in [5.41, 5.74) is 1.45. The van der Waals surface area contributed by atoms with Crippen LogP contribution in [-0.4, -0.2) is 21.2 Å². The molecule has 5 nitrogen and oxygen atoms in total. The molecule has 16 heavy (non-hydrogen) atoms. The summed E-state index contributed by atoms with van der Waals surface area (Å²) < 4.78 is 25.0. The van der Waals surface area contributed by atoms with E-state index in [2.05, 4.69) is 10.0 Å². The second kappa shape index (κ2) is 5.49. The van der Waals surface area contributed by atoms with E-state index in [1.807, 2.05) is 13.1 Å². The van der Waals surface area contributed by atoms with Crippen LogP contribution in [0.1, 0.15) is 5.56 Å². The van der Waals surface area contributed by atoms with E-state index < -0.39 is 15.8 Å². The van der Waals surface area contributed by atoms with Gasteiger partial charge in [0.1, 0.15) is 0 Å². The van der Waals surface area contributed by atoms with Crippen LogP contribution in [0.3, 0.4) is 0 Å². The van der Waals surface area contributed by atoms with E-state index in [0.717, 1.165) is 5.56 Å². The molecule has 0 radical (unpaired) electrons. The second-order valence-corrected chi connectivity index (χ2v) is 4.97. The van der Waals surface area contributed by atoms with E-state index in [4.69, 9.17) is 5.26 Å². The van der Waals surface area contributed by atoms with Gasteiger partial charge < -0.3 is 5.32 Å². The van der Waals surface area contributed by atoms with Gasteiger partial charge in [-0.3, -0.25) is 4.72 Å². The molecule has 6 heteroatoms. The van der Waals surface area contributed by atoms with Gasteiger partial charge in [-0.05, 0) is 24.7 Å². The molecule has 0 saturated heterocycles. The van der Waals surface area contributed by atoms with E-state index in [0.29, 0.717) is 12.2 Å². The Morgan fingerprint density at radius 2 is 2.19 bits per heavy atom. The summed E-state index contributed by atoms with van der Waals surface area (Å²) >= 11 is 0. The third-order valence-electron chi connectivity index (χ3n) is 1.84. The van der Waals surface area contributed by atoms with Crippen LogP contribution in [0.25, 0.3) is 0 Å². The van der Waals surface area contributed by atoms with Gasteiger partial charge in [0.2, 0.25) is 10.0 Å². The van der Waals surface area contributed by atoms with Crippen molar-refractivity contribution in [1.82, 2.24) is 5.32 Å². The zero-order valence-corrected chi connectivity index (χ0v) is 9.71. The molecule has 1 aromatic rings. The summed E-state index contributed by atoms with van der Waals surface area (Å²) in [6, 6.07) is 8.63. The third kappa shape index (κ3) is 3.88. The lowest BCUT2D eigenvalue weighted by molar-refractivity contribution is 0.604. The fourth-order valence-electron chi connectivity index (χ4n) is 1.25. The predicted octanol–water partition coefficient (Wildman–Crippen LogP) is 0.671. The number of anilines is 1. The van der Waals surface area contributed by atoms with Crippen LogP contribution in [0.2, 0.25) is 0 Å². The first kappa shape index (κ1) is 12.5. The van der Waals surface area contributed by atoms with Crippen molar-refractivity contribution >= 4 is 15.7 Å². The summed E-state index contributed by atoms with van der Waals surface area (Å²) in [6.07, 6.45) is 0. The maximum atomic E-state index is 11.3. The molecular weight excluding hydrogens is 226 g/mol. The second-order valence-electron chi connectivity index (χ2n) is 3.25. The molecule has 0 aliphatic carbocycles. The zero-order valence-electron chi connectivity index (χ0n) is 8.90. The summed E-state index contributed by atoms with van der Waals surface area (Å²) in [4.78, 5) is 0. The van der Waals surface area contributed by atoms with Crippen LogP contribution in [0, 0.1) is 11.3 Å². The summed E-state index contributed by atoms with van der Waals surface area (Å²) in [7, 11) is -1.74. The van der Waals surface area contributed by atoms with E-state index in [1.165, 1.54) is 0 Å². The highest BCUT2D eigenvalue weighted by atomic mass is 32.2. The average Bonchev–Trinajstić information content (AvgIpc) is 2.17. The molecule has 0 unspecified atom stereocenters. The molecule has 1 aromatic carbocycles. The molecule has 0 spiro atoms. The molecule has 0 saturated carbocycles. The van der Waals surface area contributed by atoms with Gasteiger partial charge in [-0.25, -0.2) is 8.42 Å². The molecule has 1 rings (SSSR count). The van der Waals surface area contributed by atoms with Crippen LogP contribution in [0.5, 0.6) is 0 Å². The van der Waals surface area contributed by atoms with Gasteiger partial charge in [0, 0.05) is 12.2 Å². The summed E-state index contributed by atoms with van der Waals surface area (Å²) in [5, 5.41) is 11.3. The molecule has 2 N–H and O–H groups in total. The van der Waals surface area contributed by atoms with Gasteiger partial charge in [-0.2, -0.15) is 5.26 Å². The van der Waals surface area contributed by atoms with Crippen LogP contribution in [0.15, 0.2) is 24.3 Å². The maximum absolute atomic E-state index is 11.3. The average molecular weight is 239 g/mol. The number of rotatable bonds is 5. The Bertz CT molecular complexity index is 491. The van der Waals surface area contributed by atoms with Crippen molar-refractivity contribution in [2.75, 3.05) is 17.5 Å². The molecule has 0 amide bonds. The van der Waals surface area contributed by atoms with Crippen LogP contribution < -0.4 is 10.0 Å². The molecule has 0 fully saturated rings. The fourth-order valence-corrected chi connectivity index (χ4v) is 1.98. The number of benzene rings is 1. The Labute approximate surface area is 95.1 Å². The number of nitrogens with one attached hydrogen (secondary N) is 2. The van der Waals surface area contributed by atoms with Crippen molar-refractivity contribution in [3.63, 3.8) is 0 Å². The van der Waals surface area contributed by atoms with Gasteiger partial charge >= 0.3 is 0 Å². The minimum absolute atomic E-state index is 0.475. The van der Waals surface area contributed by atoms with Gasteiger partial charge in [0.05, 0.1) is 6.07 Å². The normalized spacial score (nSPS) is 10.8. The predicted molar refractivity (Wildman–Crippen MR) is 62.2 cm³/mol. The van der Waals surface area contributed by atoms with Crippen molar-refractivity contribution in [2.45, 2.75) is 6.54 Å². The van der Waals surface area contributed by atoms with Crippen LogP contribution in [-0.2, 0) is 16.6 Å². The van der Waals surface area contributed by atoms with Crippen molar-refractivity contribution in [3.05, 3.63) is 29.8 Å². The van der Waals surface area contributed by atoms with Crippen molar-refractivity contribution in [1.29, 1.82) is 5.26 Å². The van der Waals surface area contributed by atoms with Crippen molar-refractivity contribution in [3.8, 4) is 6.07 Å². The van der Waals surface area contributed by atoms with E-state index in [9.17, 15) is 8.42 Å². The molecular formula is C10H13N3O2S. The smallest absolute Gasteiger partial charge is 0.246 e. The summed E-state index contributed by atoms with van der Waals surface area (Å²) in [6.45, 7) is 0.661. The quantitative estimate of drug-likeness (QED) is 0.791. The largest absolute Gasteiger partial charge is 0.316 e. The molecule has 0 heterocycles. The number of hydrogen-bond acceptors (Lipinski definition) is 4. The fraction of sp³-hybridized carbons (Fsp3) is 0.300. The van der Waals surface area contributed by atoms with E-state index in [-0.39, 0.29) is 0 Å². The first-order valence-corrected chi connectivity index (χ1v) is 6.33. The lowest BCUT2D eigenvalue weighted by Gasteiger charge is -2.07.